The van der Waals surface area contributed by atoms with Crippen LogP contribution in [0.5, 0.6) is 10.8 Å². The van der Waals surface area contributed by atoms with Crippen LogP contribution >= 0.6 is 22.9 Å². The molecule has 0 saturated carbocycles. The number of amides is 1. The average Bonchev–Trinajstić information content (AvgIpc) is 2.94. The van der Waals surface area contributed by atoms with Gasteiger partial charge in [-0.2, -0.15) is 0 Å². The summed E-state index contributed by atoms with van der Waals surface area (Å²) in [6.07, 6.45) is 0. The van der Waals surface area contributed by atoms with Gasteiger partial charge in [-0.3, -0.25) is 14.2 Å². The third-order valence-electron chi connectivity index (χ3n) is 4.21. The summed E-state index contributed by atoms with van der Waals surface area (Å²) >= 11 is 7.33. The molecular formula is C19H20ClN3O4S. The highest BCUT2D eigenvalue weighted by molar-refractivity contribution is 7.20. The van der Waals surface area contributed by atoms with Crippen molar-refractivity contribution < 1.29 is 14.3 Å². The van der Waals surface area contributed by atoms with Crippen molar-refractivity contribution in [2.45, 2.75) is 27.3 Å². The SMILES string of the molecule is CCOc1sc2nc(C)n(CC(=O)Nc3cc(Cl)ccc3OC)c(=O)c2c1C. The van der Waals surface area contributed by atoms with Crippen molar-refractivity contribution in [1.82, 2.24) is 9.55 Å². The second-order valence-electron chi connectivity index (χ2n) is 6.07. The van der Waals surface area contributed by atoms with Gasteiger partial charge in [-0.1, -0.05) is 22.9 Å². The molecule has 0 bridgehead atoms. The fourth-order valence-corrected chi connectivity index (χ4v) is 4.16. The molecule has 3 aromatic rings. The molecule has 0 fully saturated rings. The first-order chi connectivity index (χ1) is 13.3. The number of hydrogen-bond acceptors (Lipinski definition) is 6. The van der Waals surface area contributed by atoms with Gasteiger partial charge in [-0.25, -0.2) is 4.98 Å². The van der Waals surface area contributed by atoms with E-state index in [0.717, 1.165) is 5.56 Å². The topological polar surface area (TPSA) is 82.5 Å². The Morgan fingerprint density at radius 2 is 2.11 bits per heavy atom. The molecule has 0 radical (unpaired) electrons. The molecule has 2 aromatic heterocycles. The molecule has 0 spiro atoms. The molecule has 28 heavy (non-hydrogen) atoms. The van der Waals surface area contributed by atoms with Crippen molar-refractivity contribution in [1.29, 1.82) is 0 Å². The summed E-state index contributed by atoms with van der Waals surface area (Å²) in [6.45, 7) is 5.73. The molecule has 2 heterocycles. The van der Waals surface area contributed by atoms with Crippen molar-refractivity contribution >= 4 is 44.7 Å². The number of carbonyl (C=O) groups is 1. The Labute approximate surface area is 170 Å². The molecule has 1 amide bonds. The lowest BCUT2D eigenvalue weighted by Gasteiger charge is -2.12. The highest BCUT2D eigenvalue weighted by Crippen LogP contribution is 2.34. The predicted molar refractivity (Wildman–Crippen MR) is 111 cm³/mol. The maximum Gasteiger partial charge on any atom is 0.263 e. The Morgan fingerprint density at radius 3 is 2.79 bits per heavy atom. The van der Waals surface area contributed by atoms with Crippen molar-refractivity contribution in [3.8, 4) is 10.8 Å². The average molecular weight is 422 g/mol. The number of benzene rings is 1. The number of aromatic nitrogens is 2. The summed E-state index contributed by atoms with van der Waals surface area (Å²) in [5, 5.41) is 4.35. The number of carbonyl (C=O) groups excluding carboxylic acids is 1. The number of thiophene rings is 1. The third-order valence-corrected chi connectivity index (χ3v) is 5.54. The number of ether oxygens (including phenoxy) is 2. The van der Waals surface area contributed by atoms with E-state index in [4.69, 9.17) is 21.1 Å². The Hall–Kier alpha value is -2.58. The predicted octanol–water partition coefficient (Wildman–Crippen LogP) is 3.77. The first kappa shape index (κ1) is 20.2. The highest BCUT2D eigenvalue weighted by Gasteiger charge is 2.19. The van der Waals surface area contributed by atoms with Crippen LogP contribution in [-0.2, 0) is 11.3 Å². The van der Waals surface area contributed by atoms with Gasteiger partial charge in [0.15, 0.2) is 5.06 Å². The van der Waals surface area contributed by atoms with Gasteiger partial charge in [-0.15, -0.1) is 0 Å². The molecule has 0 unspecified atom stereocenters. The van der Waals surface area contributed by atoms with E-state index < -0.39 is 0 Å². The summed E-state index contributed by atoms with van der Waals surface area (Å²) in [4.78, 5) is 30.7. The van der Waals surface area contributed by atoms with E-state index in [0.29, 0.717) is 44.2 Å². The van der Waals surface area contributed by atoms with Crippen LogP contribution in [0.25, 0.3) is 10.2 Å². The summed E-state index contributed by atoms with van der Waals surface area (Å²) in [7, 11) is 1.50. The fourth-order valence-electron chi connectivity index (χ4n) is 2.86. The van der Waals surface area contributed by atoms with Gasteiger partial charge in [-0.05, 0) is 39.0 Å². The summed E-state index contributed by atoms with van der Waals surface area (Å²) in [6, 6.07) is 4.91. The van der Waals surface area contributed by atoms with Crippen LogP contribution in [0.4, 0.5) is 5.69 Å². The first-order valence-electron chi connectivity index (χ1n) is 8.62. The Morgan fingerprint density at radius 1 is 1.36 bits per heavy atom. The molecule has 0 aliphatic rings. The highest BCUT2D eigenvalue weighted by atomic mass is 35.5. The monoisotopic (exact) mass is 421 g/mol. The second kappa shape index (κ2) is 8.20. The molecule has 1 aromatic carbocycles. The van der Waals surface area contributed by atoms with E-state index in [9.17, 15) is 9.59 Å². The largest absolute Gasteiger partial charge is 0.495 e. The minimum atomic E-state index is -0.384. The summed E-state index contributed by atoms with van der Waals surface area (Å²) in [5.74, 6) is 0.547. The van der Waals surface area contributed by atoms with Gasteiger partial charge in [0.05, 0.1) is 24.8 Å². The molecule has 148 valence electrons. The van der Waals surface area contributed by atoms with Crippen LogP contribution in [0.2, 0.25) is 5.02 Å². The van der Waals surface area contributed by atoms with Gasteiger partial charge >= 0.3 is 0 Å². The molecule has 3 rings (SSSR count). The smallest absolute Gasteiger partial charge is 0.263 e. The minimum absolute atomic E-state index is 0.178. The molecule has 0 aliphatic heterocycles. The summed E-state index contributed by atoms with van der Waals surface area (Å²) < 4.78 is 12.2. The van der Waals surface area contributed by atoms with Crippen LogP contribution in [0.1, 0.15) is 18.3 Å². The van der Waals surface area contributed by atoms with Crippen LogP contribution < -0.4 is 20.3 Å². The molecule has 7 nitrogen and oxygen atoms in total. The van der Waals surface area contributed by atoms with Crippen LogP contribution in [0.15, 0.2) is 23.0 Å². The van der Waals surface area contributed by atoms with E-state index in [2.05, 4.69) is 10.3 Å². The minimum Gasteiger partial charge on any atom is -0.495 e. The van der Waals surface area contributed by atoms with Crippen molar-refractivity contribution in [3.63, 3.8) is 0 Å². The van der Waals surface area contributed by atoms with Crippen LogP contribution in [-0.4, -0.2) is 29.2 Å². The fraction of sp³-hybridized carbons (Fsp3) is 0.316. The number of hydrogen-bond donors (Lipinski definition) is 1. The van der Waals surface area contributed by atoms with Crippen LogP contribution in [0, 0.1) is 13.8 Å². The molecule has 1 N–H and O–H groups in total. The number of halogens is 1. The number of methoxy groups -OCH3 is 1. The molecule has 0 saturated heterocycles. The number of anilines is 1. The van der Waals surface area contributed by atoms with Crippen molar-refractivity contribution in [3.05, 3.63) is 45.0 Å². The number of fused-ring (bicyclic) bond motifs is 1. The van der Waals surface area contributed by atoms with Gasteiger partial charge in [0.25, 0.3) is 5.56 Å². The van der Waals surface area contributed by atoms with Crippen LogP contribution in [0.3, 0.4) is 0 Å². The lowest BCUT2D eigenvalue weighted by molar-refractivity contribution is -0.116. The number of nitrogens with zero attached hydrogens (tertiary/aromatic N) is 2. The first-order valence-corrected chi connectivity index (χ1v) is 9.81. The zero-order valence-electron chi connectivity index (χ0n) is 16.0. The van der Waals surface area contributed by atoms with Gasteiger partial charge in [0, 0.05) is 10.6 Å². The van der Waals surface area contributed by atoms with Gasteiger partial charge in [0.2, 0.25) is 5.91 Å². The normalized spacial score (nSPS) is 10.9. The Bertz CT molecular complexity index is 1110. The number of rotatable bonds is 6. The standard InChI is InChI=1S/C19H20ClN3O4S/c1-5-27-19-10(2)16-17(28-19)21-11(3)23(18(16)25)9-15(24)22-13-8-12(20)6-7-14(13)26-4/h6-8H,5,9H2,1-4H3,(H,22,24). The Balaban J connectivity index is 1.94. The summed E-state index contributed by atoms with van der Waals surface area (Å²) in [5.41, 5.74) is 0.908. The maximum absolute atomic E-state index is 13.0. The van der Waals surface area contributed by atoms with Crippen molar-refractivity contribution in [2.75, 3.05) is 19.0 Å². The molecule has 9 heteroatoms. The zero-order chi connectivity index (χ0) is 20.4. The van der Waals surface area contributed by atoms with E-state index in [1.165, 1.54) is 23.0 Å². The van der Waals surface area contributed by atoms with E-state index in [-0.39, 0.29) is 18.0 Å². The van der Waals surface area contributed by atoms with E-state index in [1.807, 2.05) is 13.8 Å². The second-order valence-corrected chi connectivity index (χ2v) is 7.47. The molecule has 0 aliphatic carbocycles. The van der Waals surface area contributed by atoms with Gasteiger partial charge in [0.1, 0.15) is 22.9 Å². The molecule has 0 atom stereocenters. The Kier molecular flexibility index (Phi) is 5.90. The lowest BCUT2D eigenvalue weighted by Crippen LogP contribution is -2.30. The quantitative estimate of drug-likeness (QED) is 0.655. The zero-order valence-corrected chi connectivity index (χ0v) is 17.5. The number of nitrogens with one attached hydrogen (secondary N) is 1. The maximum atomic E-state index is 13.0. The number of aryl methyl sites for hydroxylation is 2. The third kappa shape index (κ3) is 3.83. The van der Waals surface area contributed by atoms with Gasteiger partial charge < -0.3 is 14.8 Å². The van der Waals surface area contributed by atoms with Crippen molar-refractivity contribution in [2.24, 2.45) is 0 Å². The molecular weight excluding hydrogens is 402 g/mol. The van der Waals surface area contributed by atoms with E-state index >= 15 is 0 Å². The van der Waals surface area contributed by atoms with E-state index in [1.54, 1.807) is 25.1 Å². The lowest BCUT2D eigenvalue weighted by atomic mass is 10.2.